The maximum Gasteiger partial charge on any atom is 0.0717 e. The SMILES string of the molecule is c1ccc(-c2ccc(-c3cc4c(cc3-c3ccccc3)-c3c(c5c(c6ccccc36)-c3ccc(-c6ccccc6)cc3C5c3ccc(-c5ccccc5)cc3)C4(c3ccccc3)c3ccc(-c4ccccc4)cc3)cc2)cc1. The fourth-order valence-electron chi connectivity index (χ4n) is 13.4. The molecule has 0 bridgehead atoms. The van der Waals surface area contributed by atoms with E-state index in [2.05, 4.69) is 309 Å². The summed E-state index contributed by atoms with van der Waals surface area (Å²) in [6.45, 7) is 0. The summed E-state index contributed by atoms with van der Waals surface area (Å²) in [7, 11) is 0. The van der Waals surface area contributed by atoms with Gasteiger partial charge in [0.1, 0.15) is 0 Å². The lowest BCUT2D eigenvalue weighted by Gasteiger charge is -2.37. The molecule has 0 nitrogen and oxygen atoms in total. The zero-order chi connectivity index (χ0) is 51.6. The van der Waals surface area contributed by atoms with E-state index >= 15 is 0 Å². The molecule has 2 aliphatic rings. The Hall–Kier alpha value is -9.88. The summed E-state index contributed by atoms with van der Waals surface area (Å²) in [5.41, 5.74) is 28.0. The second-order valence-electron chi connectivity index (χ2n) is 21.0. The van der Waals surface area contributed by atoms with Crippen molar-refractivity contribution in [3.8, 4) is 89.0 Å². The minimum atomic E-state index is -0.768. The summed E-state index contributed by atoms with van der Waals surface area (Å²) in [4.78, 5) is 0. The van der Waals surface area contributed by atoms with Gasteiger partial charge < -0.3 is 0 Å². The third-order valence-corrected chi connectivity index (χ3v) is 16.9. The second kappa shape index (κ2) is 18.7. The molecule has 0 spiro atoms. The van der Waals surface area contributed by atoms with Gasteiger partial charge in [-0.2, -0.15) is 0 Å². The van der Waals surface area contributed by atoms with Gasteiger partial charge in [-0.15, -0.1) is 0 Å². The zero-order valence-electron chi connectivity index (χ0n) is 43.0. The van der Waals surface area contributed by atoms with E-state index in [1.54, 1.807) is 0 Å². The Labute approximate surface area is 456 Å². The molecule has 2 atom stereocenters. The van der Waals surface area contributed by atoms with Crippen molar-refractivity contribution in [1.82, 2.24) is 0 Å². The fraction of sp³-hybridized carbons (Fsp3) is 0.0256. The Morgan fingerprint density at radius 2 is 0.615 bits per heavy atom. The molecule has 0 N–H and O–H groups in total. The number of fused-ring (bicyclic) bond motifs is 10. The van der Waals surface area contributed by atoms with Crippen LogP contribution >= 0.6 is 0 Å². The number of rotatable bonds is 9. The van der Waals surface area contributed by atoms with E-state index < -0.39 is 5.41 Å². The van der Waals surface area contributed by atoms with Gasteiger partial charge in [0, 0.05) is 5.92 Å². The molecule has 0 saturated carbocycles. The van der Waals surface area contributed by atoms with Crippen LogP contribution in [0.3, 0.4) is 0 Å². The number of hydrogen-bond acceptors (Lipinski definition) is 0. The summed E-state index contributed by atoms with van der Waals surface area (Å²) in [5.74, 6) is -0.0959. The van der Waals surface area contributed by atoms with Gasteiger partial charge in [-0.1, -0.05) is 291 Å². The van der Waals surface area contributed by atoms with Crippen LogP contribution in [0.2, 0.25) is 0 Å². The lowest BCUT2D eigenvalue weighted by Crippen LogP contribution is -2.30. The van der Waals surface area contributed by atoms with Gasteiger partial charge in [0.05, 0.1) is 5.41 Å². The van der Waals surface area contributed by atoms with Crippen molar-refractivity contribution in [1.29, 1.82) is 0 Å². The third kappa shape index (κ3) is 7.29. The quantitative estimate of drug-likeness (QED) is 0.135. The topological polar surface area (TPSA) is 0 Å². The van der Waals surface area contributed by atoms with E-state index in [4.69, 9.17) is 0 Å². The normalized spacial score (nSPS) is 14.8. The van der Waals surface area contributed by atoms with Gasteiger partial charge in [0.2, 0.25) is 0 Å². The van der Waals surface area contributed by atoms with Crippen molar-refractivity contribution in [3.05, 3.63) is 348 Å². The van der Waals surface area contributed by atoms with E-state index in [9.17, 15) is 0 Å². The van der Waals surface area contributed by atoms with Crippen LogP contribution < -0.4 is 0 Å². The predicted octanol–water partition coefficient (Wildman–Crippen LogP) is 20.4. The van der Waals surface area contributed by atoms with Crippen LogP contribution in [0.1, 0.15) is 44.9 Å². The molecule has 364 valence electrons. The van der Waals surface area contributed by atoms with Crippen molar-refractivity contribution >= 4 is 10.8 Å². The highest BCUT2D eigenvalue weighted by atomic mass is 14.5. The molecule has 0 saturated heterocycles. The maximum atomic E-state index is 2.59. The van der Waals surface area contributed by atoms with Crippen LogP contribution in [0.4, 0.5) is 0 Å². The molecule has 0 amide bonds. The van der Waals surface area contributed by atoms with Gasteiger partial charge in [0.25, 0.3) is 0 Å². The predicted molar refractivity (Wildman–Crippen MR) is 327 cm³/mol. The molecule has 0 heterocycles. The molecule has 15 rings (SSSR count). The minimum Gasteiger partial charge on any atom is -0.0622 e. The van der Waals surface area contributed by atoms with Crippen molar-refractivity contribution in [2.75, 3.05) is 0 Å². The first-order chi connectivity index (χ1) is 38.7. The molecule has 13 aromatic carbocycles. The Morgan fingerprint density at radius 3 is 1.15 bits per heavy atom. The number of hydrogen-bond donors (Lipinski definition) is 0. The van der Waals surface area contributed by atoms with Crippen LogP contribution in [-0.2, 0) is 5.41 Å². The number of benzene rings is 13. The molecule has 0 aliphatic heterocycles. The molecule has 13 aromatic rings. The summed E-state index contributed by atoms with van der Waals surface area (Å²) < 4.78 is 0. The van der Waals surface area contributed by atoms with Crippen LogP contribution in [0.15, 0.2) is 309 Å². The fourth-order valence-corrected chi connectivity index (χ4v) is 13.4. The van der Waals surface area contributed by atoms with E-state index in [0.717, 1.165) is 0 Å². The van der Waals surface area contributed by atoms with Crippen molar-refractivity contribution in [3.63, 3.8) is 0 Å². The smallest absolute Gasteiger partial charge is 0.0622 e. The molecule has 78 heavy (non-hydrogen) atoms. The molecule has 0 heteroatoms. The molecular weight excluding hydrogens is 937 g/mol. The van der Waals surface area contributed by atoms with E-state index in [1.807, 2.05) is 0 Å². The minimum absolute atomic E-state index is 0.0959. The van der Waals surface area contributed by atoms with Gasteiger partial charge >= 0.3 is 0 Å². The third-order valence-electron chi connectivity index (χ3n) is 16.9. The Kier molecular flexibility index (Phi) is 10.9. The highest BCUT2D eigenvalue weighted by molar-refractivity contribution is 6.15. The Bertz CT molecular complexity index is 4340. The standard InChI is InChI=1S/C78H52/c1-7-21-52(22-8-1)56-35-39-60(40-36-56)69-51-72-71(50-68(69)59-29-15-5-16-30-59)75-66-34-20-19-33-65(66)74-67-48-45-62(55-27-13-4-14-28-55)49-70(67)73(61-41-37-57(38-42-61)53-23-9-2-10-24-53)76(74)77(75)78(72,63-31-17-6-18-32-63)64-46-43-58(44-47-64)54-25-11-3-12-26-54/h1-51,73H. The zero-order valence-corrected chi connectivity index (χ0v) is 43.0. The van der Waals surface area contributed by atoms with Crippen molar-refractivity contribution in [2.24, 2.45) is 0 Å². The van der Waals surface area contributed by atoms with Crippen LogP contribution in [0, 0.1) is 0 Å². The molecular formula is C78H52. The first kappa shape index (κ1) is 45.5. The first-order valence-electron chi connectivity index (χ1n) is 27.3. The summed E-state index contributed by atoms with van der Waals surface area (Å²) in [6.07, 6.45) is 0. The summed E-state index contributed by atoms with van der Waals surface area (Å²) in [5, 5.41) is 2.54. The molecule has 2 aliphatic carbocycles. The van der Waals surface area contributed by atoms with Crippen molar-refractivity contribution in [2.45, 2.75) is 11.3 Å². The molecule has 0 aromatic heterocycles. The lowest BCUT2D eigenvalue weighted by atomic mass is 9.64. The van der Waals surface area contributed by atoms with Crippen LogP contribution in [-0.4, -0.2) is 0 Å². The molecule has 2 unspecified atom stereocenters. The second-order valence-corrected chi connectivity index (χ2v) is 21.0. The van der Waals surface area contributed by atoms with Gasteiger partial charge in [-0.25, -0.2) is 0 Å². The summed E-state index contributed by atoms with van der Waals surface area (Å²) in [6, 6.07) is 116. The maximum absolute atomic E-state index is 2.59. The first-order valence-corrected chi connectivity index (χ1v) is 27.3. The average Bonchev–Trinajstić information content (AvgIpc) is 4.26. The lowest BCUT2D eigenvalue weighted by molar-refractivity contribution is 0.753. The van der Waals surface area contributed by atoms with Gasteiger partial charge in [-0.05, 0) is 157 Å². The Morgan fingerprint density at radius 1 is 0.244 bits per heavy atom. The van der Waals surface area contributed by atoms with Crippen molar-refractivity contribution < 1.29 is 0 Å². The highest BCUT2D eigenvalue weighted by Crippen LogP contribution is 2.66. The van der Waals surface area contributed by atoms with Crippen LogP contribution in [0.25, 0.3) is 99.8 Å². The largest absolute Gasteiger partial charge is 0.0717 e. The van der Waals surface area contributed by atoms with E-state index in [1.165, 1.54) is 139 Å². The average molecular weight is 989 g/mol. The van der Waals surface area contributed by atoms with Gasteiger partial charge in [-0.3, -0.25) is 0 Å². The molecule has 0 radical (unpaired) electrons. The highest BCUT2D eigenvalue weighted by Gasteiger charge is 2.52. The van der Waals surface area contributed by atoms with E-state index in [0.29, 0.717) is 0 Å². The summed E-state index contributed by atoms with van der Waals surface area (Å²) >= 11 is 0. The van der Waals surface area contributed by atoms with Crippen LogP contribution in [0.5, 0.6) is 0 Å². The molecule has 0 fully saturated rings. The van der Waals surface area contributed by atoms with E-state index in [-0.39, 0.29) is 5.92 Å². The Balaban J connectivity index is 1.09. The monoisotopic (exact) mass is 988 g/mol. The van der Waals surface area contributed by atoms with Gasteiger partial charge in [0.15, 0.2) is 0 Å².